The number of furan rings is 1. The van der Waals surface area contributed by atoms with E-state index in [0.29, 0.717) is 17.2 Å². The quantitative estimate of drug-likeness (QED) is 0.787. The first-order valence-corrected chi connectivity index (χ1v) is 6.44. The van der Waals surface area contributed by atoms with E-state index in [1.807, 2.05) is 12.1 Å². The van der Waals surface area contributed by atoms with E-state index >= 15 is 0 Å². The standard InChI is InChI=1S/C13H12BrN3O2/c1-17-13(15)9(6-16-17)8-5-10(18-2)12-7(11(8)14)3-4-19-12/h3-6H,15H2,1-2H3. The number of aryl methyl sites for hydroxylation is 1. The summed E-state index contributed by atoms with van der Waals surface area (Å²) in [5, 5.41) is 5.11. The molecule has 19 heavy (non-hydrogen) atoms. The van der Waals surface area contributed by atoms with E-state index in [1.165, 1.54) is 0 Å². The Balaban J connectivity index is 2.35. The highest BCUT2D eigenvalue weighted by Crippen LogP contribution is 2.41. The normalized spacial score (nSPS) is 11.1. The summed E-state index contributed by atoms with van der Waals surface area (Å²) in [4.78, 5) is 0. The van der Waals surface area contributed by atoms with Gasteiger partial charge in [0.05, 0.1) is 19.6 Å². The Kier molecular flexibility index (Phi) is 2.74. The number of hydrogen-bond acceptors (Lipinski definition) is 4. The molecule has 0 amide bonds. The molecule has 0 aliphatic rings. The Hall–Kier alpha value is -1.95. The van der Waals surface area contributed by atoms with Crippen LogP contribution in [0, 0.1) is 0 Å². The number of nitrogen functional groups attached to an aromatic ring is 1. The van der Waals surface area contributed by atoms with Crippen LogP contribution in [0.5, 0.6) is 5.75 Å². The first-order valence-electron chi connectivity index (χ1n) is 5.65. The van der Waals surface area contributed by atoms with E-state index in [9.17, 15) is 0 Å². The molecule has 0 unspecified atom stereocenters. The minimum Gasteiger partial charge on any atom is -0.493 e. The van der Waals surface area contributed by atoms with Gasteiger partial charge in [-0.1, -0.05) is 0 Å². The molecule has 1 aromatic carbocycles. The highest BCUT2D eigenvalue weighted by Gasteiger charge is 2.17. The van der Waals surface area contributed by atoms with Gasteiger partial charge in [0.1, 0.15) is 5.82 Å². The summed E-state index contributed by atoms with van der Waals surface area (Å²) in [7, 11) is 3.42. The third-order valence-corrected chi connectivity index (χ3v) is 3.99. The van der Waals surface area contributed by atoms with Crippen LogP contribution in [-0.2, 0) is 7.05 Å². The monoisotopic (exact) mass is 321 g/mol. The fourth-order valence-corrected chi connectivity index (χ4v) is 2.72. The summed E-state index contributed by atoms with van der Waals surface area (Å²) in [6.07, 6.45) is 3.37. The van der Waals surface area contributed by atoms with E-state index in [4.69, 9.17) is 14.9 Å². The van der Waals surface area contributed by atoms with Gasteiger partial charge in [0.15, 0.2) is 11.3 Å². The SMILES string of the molecule is COc1cc(-c2cnn(C)c2N)c(Br)c2ccoc12. The number of nitrogens with zero attached hydrogens (tertiary/aromatic N) is 2. The average Bonchev–Trinajstić information content (AvgIpc) is 3.00. The molecule has 98 valence electrons. The lowest BCUT2D eigenvalue weighted by Gasteiger charge is -2.08. The largest absolute Gasteiger partial charge is 0.493 e. The first kappa shape index (κ1) is 12.1. The Bertz CT molecular complexity index is 761. The molecule has 0 bridgehead atoms. The first-order chi connectivity index (χ1) is 9.13. The molecular weight excluding hydrogens is 310 g/mol. The fourth-order valence-electron chi connectivity index (χ4n) is 2.08. The van der Waals surface area contributed by atoms with Crippen LogP contribution in [0.2, 0.25) is 0 Å². The third kappa shape index (κ3) is 1.71. The van der Waals surface area contributed by atoms with Crippen molar-refractivity contribution in [3.8, 4) is 16.9 Å². The molecule has 2 N–H and O–H groups in total. The van der Waals surface area contributed by atoms with Gasteiger partial charge in [-0.05, 0) is 28.1 Å². The predicted molar refractivity (Wildman–Crippen MR) is 77.1 cm³/mol. The zero-order chi connectivity index (χ0) is 13.6. The number of anilines is 1. The van der Waals surface area contributed by atoms with Crippen molar-refractivity contribution in [2.45, 2.75) is 0 Å². The van der Waals surface area contributed by atoms with E-state index in [1.54, 1.807) is 31.3 Å². The van der Waals surface area contributed by atoms with Gasteiger partial charge < -0.3 is 14.9 Å². The summed E-state index contributed by atoms with van der Waals surface area (Å²) in [5.41, 5.74) is 8.52. The van der Waals surface area contributed by atoms with Gasteiger partial charge in [-0.2, -0.15) is 5.10 Å². The van der Waals surface area contributed by atoms with Crippen molar-refractivity contribution in [3.63, 3.8) is 0 Å². The van der Waals surface area contributed by atoms with Crippen LogP contribution in [0.3, 0.4) is 0 Å². The average molecular weight is 322 g/mol. The Morgan fingerprint density at radius 3 is 2.84 bits per heavy atom. The highest BCUT2D eigenvalue weighted by atomic mass is 79.9. The second kappa shape index (κ2) is 4.31. The minimum atomic E-state index is 0.602. The maximum atomic E-state index is 6.03. The number of aromatic nitrogens is 2. The van der Waals surface area contributed by atoms with Crippen molar-refractivity contribution >= 4 is 32.7 Å². The molecular formula is C13H12BrN3O2. The molecule has 3 rings (SSSR count). The number of methoxy groups -OCH3 is 1. The van der Waals surface area contributed by atoms with Crippen LogP contribution in [-0.4, -0.2) is 16.9 Å². The maximum absolute atomic E-state index is 6.03. The molecule has 0 spiro atoms. The topological polar surface area (TPSA) is 66.2 Å². The van der Waals surface area contributed by atoms with Crippen LogP contribution in [0.25, 0.3) is 22.1 Å². The van der Waals surface area contributed by atoms with Crippen LogP contribution < -0.4 is 10.5 Å². The van der Waals surface area contributed by atoms with Crippen LogP contribution in [0.15, 0.2) is 33.5 Å². The zero-order valence-corrected chi connectivity index (χ0v) is 12.1. The van der Waals surface area contributed by atoms with E-state index in [-0.39, 0.29) is 0 Å². The van der Waals surface area contributed by atoms with Gasteiger partial charge in [-0.15, -0.1) is 0 Å². The number of fused-ring (bicyclic) bond motifs is 1. The van der Waals surface area contributed by atoms with Gasteiger partial charge in [0, 0.05) is 28.0 Å². The molecule has 0 saturated heterocycles. The van der Waals surface area contributed by atoms with Crippen LogP contribution in [0.1, 0.15) is 0 Å². The highest BCUT2D eigenvalue weighted by molar-refractivity contribution is 9.10. The van der Waals surface area contributed by atoms with Gasteiger partial charge in [0.2, 0.25) is 0 Å². The molecule has 0 saturated carbocycles. The summed E-state index contributed by atoms with van der Waals surface area (Å²) in [6, 6.07) is 3.78. The van der Waals surface area contributed by atoms with Gasteiger partial charge in [-0.25, -0.2) is 0 Å². The number of nitrogens with two attached hydrogens (primary N) is 1. The Morgan fingerprint density at radius 2 is 2.21 bits per heavy atom. The molecule has 6 heteroatoms. The van der Waals surface area contributed by atoms with Crippen LogP contribution >= 0.6 is 15.9 Å². The molecule has 2 heterocycles. The lowest BCUT2D eigenvalue weighted by molar-refractivity contribution is 0.410. The summed E-state index contributed by atoms with van der Waals surface area (Å²) in [5.74, 6) is 1.27. The molecule has 0 atom stereocenters. The lowest BCUT2D eigenvalue weighted by Crippen LogP contribution is -1.98. The number of ether oxygens (including phenoxy) is 1. The van der Waals surface area contributed by atoms with Gasteiger partial charge >= 0.3 is 0 Å². The number of halogens is 1. The van der Waals surface area contributed by atoms with Gasteiger partial charge in [0.25, 0.3) is 0 Å². The Labute approximate surface area is 118 Å². The van der Waals surface area contributed by atoms with Crippen LogP contribution in [0.4, 0.5) is 5.82 Å². The van der Waals surface area contributed by atoms with E-state index in [0.717, 1.165) is 21.0 Å². The number of hydrogen-bond donors (Lipinski definition) is 1. The van der Waals surface area contributed by atoms with Crippen molar-refractivity contribution < 1.29 is 9.15 Å². The predicted octanol–water partition coefficient (Wildman–Crippen LogP) is 3.19. The second-order valence-electron chi connectivity index (χ2n) is 4.17. The third-order valence-electron chi connectivity index (χ3n) is 3.13. The zero-order valence-electron chi connectivity index (χ0n) is 10.5. The summed E-state index contributed by atoms with van der Waals surface area (Å²) >= 11 is 3.60. The molecule has 5 nitrogen and oxygen atoms in total. The molecule has 2 aromatic heterocycles. The van der Waals surface area contributed by atoms with Gasteiger partial charge in [-0.3, -0.25) is 4.68 Å². The summed E-state index contributed by atoms with van der Waals surface area (Å²) < 4.78 is 13.4. The van der Waals surface area contributed by atoms with Crippen molar-refractivity contribution in [2.75, 3.05) is 12.8 Å². The number of benzene rings is 1. The van der Waals surface area contributed by atoms with E-state index < -0.39 is 0 Å². The fraction of sp³-hybridized carbons (Fsp3) is 0.154. The number of rotatable bonds is 2. The minimum absolute atomic E-state index is 0.602. The molecule has 0 radical (unpaired) electrons. The maximum Gasteiger partial charge on any atom is 0.176 e. The molecule has 3 aromatic rings. The molecule has 0 aliphatic carbocycles. The van der Waals surface area contributed by atoms with E-state index in [2.05, 4.69) is 21.0 Å². The molecule has 0 aliphatic heterocycles. The Morgan fingerprint density at radius 1 is 1.42 bits per heavy atom. The second-order valence-corrected chi connectivity index (χ2v) is 4.96. The lowest BCUT2D eigenvalue weighted by atomic mass is 10.1. The van der Waals surface area contributed by atoms with Crippen molar-refractivity contribution in [2.24, 2.45) is 7.05 Å². The van der Waals surface area contributed by atoms with Crippen molar-refractivity contribution in [1.29, 1.82) is 0 Å². The van der Waals surface area contributed by atoms with Crippen molar-refractivity contribution in [3.05, 3.63) is 29.1 Å². The van der Waals surface area contributed by atoms with Crippen molar-refractivity contribution in [1.82, 2.24) is 9.78 Å². The molecule has 0 fully saturated rings. The smallest absolute Gasteiger partial charge is 0.176 e. The summed E-state index contributed by atoms with van der Waals surface area (Å²) in [6.45, 7) is 0.